The predicted molar refractivity (Wildman–Crippen MR) is 70.7 cm³/mol. The van der Waals surface area contributed by atoms with E-state index in [0.29, 0.717) is 18.8 Å². The van der Waals surface area contributed by atoms with E-state index in [-0.39, 0.29) is 17.5 Å². The van der Waals surface area contributed by atoms with Crippen molar-refractivity contribution in [3.05, 3.63) is 18.3 Å². The summed E-state index contributed by atoms with van der Waals surface area (Å²) in [6.07, 6.45) is 2.39. The second-order valence-electron chi connectivity index (χ2n) is 3.88. The van der Waals surface area contributed by atoms with Gasteiger partial charge in [0.05, 0.1) is 25.0 Å². The van der Waals surface area contributed by atoms with Gasteiger partial charge in [0, 0.05) is 19.9 Å². The molecule has 0 aliphatic rings. The van der Waals surface area contributed by atoms with Crippen molar-refractivity contribution in [1.82, 2.24) is 10.3 Å². The number of carbonyl (C=O) groups excluding carboxylic acids is 1. The first-order valence-corrected chi connectivity index (χ1v) is 7.48. The third-order valence-electron chi connectivity index (χ3n) is 2.17. The van der Waals surface area contributed by atoms with Crippen LogP contribution in [0.15, 0.2) is 23.4 Å². The molecule has 0 saturated carbocycles. The summed E-state index contributed by atoms with van der Waals surface area (Å²) in [5, 5.41) is 5.46. The quantitative estimate of drug-likeness (QED) is 0.666. The van der Waals surface area contributed by atoms with Crippen molar-refractivity contribution in [3.8, 4) is 0 Å². The van der Waals surface area contributed by atoms with E-state index in [9.17, 15) is 13.2 Å². The number of anilines is 1. The Morgan fingerprint density at radius 1 is 1.42 bits per heavy atom. The average molecular weight is 287 g/mol. The maximum absolute atomic E-state index is 11.5. The number of hydrogen-bond donors (Lipinski definition) is 2. The number of aromatic nitrogens is 1. The molecule has 0 spiro atoms. The number of carbonyl (C=O) groups is 1. The Labute approximate surface area is 112 Å². The van der Waals surface area contributed by atoms with E-state index >= 15 is 0 Å². The lowest BCUT2D eigenvalue weighted by molar-refractivity contribution is -0.115. The highest BCUT2D eigenvalue weighted by Gasteiger charge is 2.08. The van der Waals surface area contributed by atoms with Gasteiger partial charge < -0.3 is 15.4 Å². The molecular formula is C11H17N3O4S. The summed E-state index contributed by atoms with van der Waals surface area (Å²) in [5.74, 6) is -0.231. The second-order valence-corrected chi connectivity index (χ2v) is 5.84. The van der Waals surface area contributed by atoms with Gasteiger partial charge in [-0.1, -0.05) is 0 Å². The van der Waals surface area contributed by atoms with Crippen LogP contribution in [0.4, 0.5) is 5.69 Å². The van der Waals surface area contributed by atoms with E-state index in [4.69, 9.17) is 4.74 Å². The molecule has 0 radical (unpaired) electrons. The van der Waals surface area contributed by atoms with Gasteiger partial charge in [-0.15, -0.1) is 0 Å². The molecule has 7 nitrogen and oxygen atoms in total. The van der Waals surface area contributed by atoms with Crippen LogP contribution in [0.3, 0.4) is 0 Å². The molecule has 0 aliphatic heterocycles. The lowest BCUT2D eigenvalue weighted by atomic mass is 10.4. The van der Waals surface area contributed by atoms with Crippen LogP contribution < -0.4 is 10.6 Å². The van der Waals surface area contributed by atoms with Crippen LogP contribution in [-0.4, -0.2) is 52.4 Å². The summed E-state index contributed by atoms with van der Waals surface area (Å²) in [5.41, 5.74) is 0.450. The minimum Gasteiger partial charge on any atom is -0.383 e. The molecule has 1 heterocycles. The smallest absolute Gasteiger partial charge is 0.238 e. The molecule has 0 unspecified atom stereocenters. The SMILES string of the molecule is COCCNCC(=O)Nc1ccc(S(C)(=O)=O)nc1. The van der Waals surface area contributed by atoms with Gasteiger partial charge in [0.2, 0.25) is 5.91 Å². The molecule has 1 aromatic heterocycles. The van der Waals surface area contributed by atoms with Gasteiger partial charge in [0.25, 0.3) is 0 Å². The van der Waals surface area contributed by atoms with E-state index < -0.39 is 9.84 Å². The fourth-order valence-electron chi connectivity index (χ4n) is 1.25. The fourth-order valence-corrected chi connectivity index (χ4v) is 1.81. The molecular weight excluding hydrogens is 270 g/mol. The van der Waals surface area contributed by atoms with E-state index in [1.807, 2.05) is 0 Å². The molecule has 8 heteroatoms. The molecule has 0 aromatic carbocycles. The number of amides is 1. The Bertz CT molecular complexity index is 513. The van der Waals surface area contributed by atoms with Crippen LogP contribution in [0, 0.1) is 0 Å². The summed E-state index contributed by atoms with van der Waals surface area (Å²) in [4.78, 5) is 15.3. The highest BCUT2D eigenvalue weighted by molar-refractivity contribution is 7.90. The molecule has 0 bridgehead atoms. The molecule has 19 heavy (non-hydrogen) atoms. The zero-order valence-corrected chi connectivity index (χ0v) is 11.7. The number of rotatable bonds is 7. The average Bonchev–Trinajstić information content (AvgIpc) is 2.34. The summed E-state index contributed by atoms with van der Waals surface area (Å²) in [7, 11) is -1.74. The monoisotopic (exact) mass is 287 g/mol. The summed E-state index contributed by atoms with van der Waals surface area (Å²) in [6.45, 7) is 1.25. The molecule has 1 rings (SSSR count). The van der Waals surface area contributed by atoms with Crippen LogP contribution in [0.2, 0.25) is 0 Å². The Balaban J connectivity index is 2.47. The first kappa shape index (κ1) is 15.5. The fraction of sp³-hybridized carbons (Fsp3) is 0.455. The van der Waals surface area contributed by atoms with Gasteiger partial charge >= 0.3 is 0 Å². The van der Waals surface area contributed by atoms with Crippen molar-refractivity contribution in [1.29, 1.82) is 0 Å². The molecule has 0 fully saturated rings. The minimum absolute atomic E-state index is 0.0243. The normalized spacial score (nSPS) is 11.3. The van der Waals surface area contributed by atoms with Crippen LogP contribution in [0.5, 0.6) is 0 Å². The van der Waals surface area contributed by atoms with Crippen molar-refractivity contribution in [3.63, 3.8) is 0 Å². The van der Waals surface area contributed by atoms with Crippen molar-refractivity contribution in [2.45, 2.75) is 5.03 Å². The number of nitrogens with one attached hydrogen (secondary N) is 2. The number of hydrogen-bond acceptors (Lipinski definition) is 6. The molecule has 1 amide bonds. The first-order chi connectivity index (χ1) is 8.93. The standard InChI is InChI=1S/C11H17N3O4S/c1-18-6-5-12-8-10(15)14-9-3-4-11(13-7-9)19(2,16)17/h3-4,7,12H,5-6,8H2,1-2H3,(H,14,15). The summed E-state index contributed by atoms with van der Waals surface area (Å²) < 4.78 is 27.2. The van der Waals surface area contributed by atoms with E-state index in [0.717, 1.165) is 6.26 Å². The van der Waals surface area contributed by atoms with Crippen molar-refractivity contribution in [2.75, 3.05) is 38.4 Å². The van der Waals surface area contributed by atoms with Crippen molar-refractivity contribution >= 4 is 21.4 Å². The predicted octanol–water partition coefficient (Wildman–Crippen LogP) is -0.340. The zero-order chi connectivity index (χ0) is 14.3. The zero-order valence-electron chi connectivity index (χ0n) is 10.8. The Morgan fingerprint density at radius 2 is 2.16 bits per heavy atom. The van der Waals surface area contributed by atoms with Crippen molar-refractivity contribution < 1.29 is 17.9 Å². The Morgan fingerprint density at radius 3 is 2.68 bits per heavy atom. The van der Waals surface area contributed by atoms with Gasteiger partial charge in [-0.2, -0.15) is 0 Å². The van der Waals surface area contributed by atoms with Gasteiger partial charge in [0.1, 0.15) is 0 Å². The topological polar surface area (TPSA) is 97.4 Å². The van der Waals surface area contributed by atoms with Gasteiger partial charge in [-0.05, 0) is 12.1 Å². The molecule has 1 aromatic rings. The third-order valence-corrected chi connectivity index (χ3v) is 3.17. The van der Waals surface area contributed by atoms with Crippen LogP contribution >= 0.6 is 0 Å². The third kappa shape index (κ3) is 5.77. The highest BCUT2D eigenvalue weighted by Crippen LogP contribution is 2.09. The number of sulfone groups is 1. The highest BCUT2D eigenvalue weighted by atomic mass is 32.2. The Hall–Kier alpha value is -1.51. The summed E-state index contributed by atoms with van der Waals surface area (Å²) >= 11 is 0. The number of pyridine rings is 1. The van der Waals surface area contributed by atoms with Gasteiger partial charge in [-0.3, -0.25) is 4.79 Å². The minimum atomic E-state index is -3.32. The van der Waals surface area contributed by atoms with Gasteiger partial charge in [0.15, 0.2) is 14.9 Å². The van der Waals surface area contributed by atoms with E-state index in [1.54, 1.807) is 7.11 Å². The van der Waals surface area contributed by atoms with Crippen LogP contribution in [0.1, 0.15) is 0 Å². The number of ether oxygens (including phenoxy) is 1. The lowest BCUT2D eigenvalue weighted by Crippen LogP contribution is -2.30. The number of methoxy groups -OCH3 is 1. The summed E-state index contributed by atoms with van der Waals surface area (Å²) in [6, 6.07) is 2.85. The van der Waals surface area contributed by atoms with E-state index in [2.05, 4.69) is 15.6 Å². The van der Waals surface area contributed by atoms with Crippen LogP contribution in [0.25, 0.3) is 0 Å². The van der Waals surface area contributed by atoms with E-state index in [1.165, 1.54) is 18.3 Å². The first-order valence-electron chi connectivity index (χ1n) is 5.59. The molecule has 0 saturated heterocycles. The maximum atomic E-state index is 11.5. The van der Waals surface area contributed by atoms with Crippen LogP contribution in [-0.2, 0) is 19.4 Å². The van der Waals surface area contributed by atoms with Gasteiger partial charge in [-0.25, -0.2) is 13.4 Å². The maximum Gasteiger partial charge on any atom is 0.238 e. The largest absolute Gasteiger partial charge is 0.383 e. The molecule has 106 valence electrons. The molecule has 0 aliphatic carbocycles. The molecule has 0 atom stereocenters. The second kappa shape index (κ2) is 7.17. The Kier molecular flexibility index (Phi) is 5.87. The number of nitrogens with zero attached hydrogens (tertiary/aromatic N) is 1. The molecule has 2 N–H and O–H groups in total. The van der Waals surface area contributed by atoms with Crippen molar-refractivity contribution in [2.24, 2.45) is 0 Å². The lowest BCUT2D eigenvalue weighted by Gasteiger charge is -2.06.